The molecule has 0 bridgehead atoms. The van der Waals surface area contributed by atoms with Gasteiger partial charge in [-0.15, -0.1) is 0 Å². The average Bonchev–Trinajstić information content (AvgIpc) is 1.98. The number of aliphatic hydroxyl groups excluding tert-OH is 1. The quantitative estimate of drug-likeness (QED) is 0.779. The number of ether oxygens (including phenoxy) is 3. The molecule has 1 rings (SSSR count). The van der Waals surface area contributed by atoms with Crippen molar-refractivity contribution in [1.29, 1.82) is 0 Å². The zero-order valence-corrected chi connectivity index (χ0v) is 9.97. The Morgan fingerprint density at radius 1 is 1.27 bits per heavy atom. The number of aliphatic hydroxyl groups is 1. The van der Waals surface area contributed by atoms with Crippen LogP contribution in [0, 0.1) is 0 Å². The van der Waals surface area contributed by atoms with Crippen molar-refractivity contribution in [1.82, 2.24) is 0 Å². The lowest BCUT2D eigenvalue weighted by molar-refractivity contribution is -0.356. The smallest absolute Gasteiger partial charge is 0.272 e. The summed E-state index contributed by atoms with van der Waals surface area (Å²) in [7, 11) is 0. The van der Waals surface area contributed by atoms with Gasteiger partial charge in [0.15, 0.2) is 0 Å². The van der Waals surface area contributed by atoms with E-state index in [0.29, 0.717) is 6.42 Å². The van der Waals surface area contributed by atoms with Crippen LogP contribution >= 0.6 is 0 Å². The van der Waals surface area contributed by atoms with Crippen LogP contribution in [0.4, 0.5) is 0 Å². The summed E-state index contributed by atoms with van der Waals surface area (Å²) >= 11 is 0. The van der Waals surface area contributed by atoms with Crippen LogP contribution in [0.1, 0.15) is 40.5 Å². The molecule has 1 fully saturated rings. The first-order valence-corrected chi connectivity index (χ1v) is 5.61. The van der Waals surface area contributed by atoms with Crippen LogP contribution in [0.25, 0.3) is 0 Å². The lowest BCUT2D eigenvalue weighted by Crippen LogP contribution is -2.39. The highest BCUT2D eigenvalue weighted by Crippen LogP contribution is 2.20. The Hall–Kier alpha value is -0.160. The molecule has 0 saturated carbocycles. The van der Waals surface area contributed by atoms with Gasteiger partial charge < -0.3 is 19.3 Å². The molecule has 0 aromatic heterocycles. The second-order valence-electron chi connectivity index (χ2n) is 4.45. The van der Waals surface area contributed by atoms with E-state index in [0.717, 1.165) is 6.42 Å². The molecule has 0 spiro atoms. The van der Waals surface area contributed by atoms with Gasteiger partial charge in [0.25, 0.3) is 6.48 Å². The highest BCUT2D eigenvalue weighted by atomic mass is 16.9. The van der Waals surface area contributed by atoms with Crippen LogP contribution in [-0.2, 0) is 14.2 Å². The van der Waals surface area contributed by atoms with Gasteiger partial charge in [-0.2, -0.15) is 0 Å². The van der Waals surface area contributed by atoms with Crippen molar-refractivity contribution in [3.8, 4) is 0 Å². The third-order valence-corrected chi connectivity index (χ3v) is 2.37. The van der Waals surface area contributed by atoms with Gasteiger partial charge in [0.05, 0.1) is 24.4 Å². The maximum Gasteiger partial charge on any atom is 0.272 e. The second kappa shape index (κ2) is 5.80. The molecule has 1 heterocycles. The Kier molecular flexibility index (Phi) is 4.99. The van der Waals surface area contributed by atoms with E-state index in [-0.39, 0.29) is 24.4 Å². The van der Waals surface area contributed by atoms with Crippen molar-refractivity contribution in [3.05, 3.63) is 0 Å². The molecule has 4 heteroatoms. The summed E-state index contributed by atoms with van der Waals surface area (Å²) in [5, 5.41) is 9.19. The summed E-state index contributed by atoms with van der Waals surface area (Å²) in [4.78, 5) is 0. The molecule has 1 N–H and O–H groups in total. The fraction of sp³-hybridized carbons (Fsp3) is 1.00. The molecule has 0 amide bonds. The highest BCUT2D eigenvalue weighted by molar-refractivity contribution is 4.63. The third-order valence-electron chi connectivity index (χ3n) is 2.37. The summed E-state index contributed by atoms with van der Waals surface area (Å²) in [6.45, 7) is 7.08. The van der Waals surface area contributed by atoms with E-state index in [2.05, 4.69) is 0 Å². The maximum atomic E-state index is 9.19. The monoisotopic (exact) mass is 218 g/mol. The lowest BCUT2D eigenvalue weighted by atomic mass is 10.2. The van der Waals surface area contributed by atoms with E-state index in [1.54, 1.807) is 6.92 Å². The van der Waals surface area contributed by atoms with Gasteiger partial charge in [-0.25, -0.2) is 0 Å². The molecule has 0 radical (unpaired) electrons. The van der Waals surface area contributed by atoms with Crippen LogP contribution in [0.3, 0.4) is 0 Å². The van der Waals surface area contributed by atoms with Crippen LogP contribution in [0.5, 0.6) is 0 Å². The SMILES string of the molecule is C[C@@H]1C[C@H](C)OC(O[C@@H](C)C[C@@H](C)O)O1. The summed E-state index contributed by atoms with van der Waals surface area (Å²) in [5.74, 6) is 0. The molecule has 1 aliphatic heterocycles. The van der Waals surface area contributed by atoms with Crippen molar-refractivity contribution in [3.63, 3.8) is 0 Å². The number of rotatable bonds is 4. The van der Waals surface area contributed by atoms with Gasteiger partial charge in [-0.1, -0.05) is 0 Å². The van der Waals surface area contributed by atoms with E-state index >= 15 is 0 Å². The minimum absolute atomic E-state index is 0.0625. The zero-order chi connectivity index (χ0) is 11.4. The molecule has 15 heavy (non-hydrogen) atoms. The largest absolute Gasteiger partial charge is 0.393 e. The Morgan fingerprint density at radius 2 is 1.80 bits per heavy atom. The molecule has 1 aliphatic rings. The van der Waals surface area contributed by atoms with Crippen LogP contribution in [-0.4, -0.2) is 36.0 Å². The molecular formula is C11H22O4. The van der Waals surface area contributed by atoms with Crippen molar-refractivity contribution in [2.45, 2.75) is 71.4 Å². The van der Waals surface area contributed by atoms with Gasteiger partial charge in [-0.05, 0) is 40.5 Å². The Balaban J connectivity index is 2.30. The first-order valence-electron chi connectivity index (χ1n) is 5.61. The zero-order valence-electron chi connectivity index (χ0n) is 9.97. The van der Waals surface area contributed by atoms with Crippen molar-refractivity contribution >= 4 is 0 Å². The predicted molar refractivity (Wildman–Crippen MR) is 56.3 cm³/mol. The molecule has 0 aromatic carbocycles. The van der Waals surface area contributed by atoms with Crippen molar-refractivity contribution in [2.75, 3.05) is 0 Å². The molecule has 1 saturated heterocycles. The fourth-order valence-corrected chi connectivity index (χ4v) is 1.78. The van der Waals surface area contributed by atoms with E-state index in [1.807, 2.05) is 20.8 Å². The standard InChI is InChI=1S/C11H22O4/c1-7(12)5-8(2)13-11-14-9(3)6-10(4)15-11/h7-12H,5-6H2,1-4H3/t7-,8+,9-,10+,11?/m1/s1. The van der Waals surface area contributed by atoms with E-state index < -0.39 is 6.48 Å². The van der Waals surface area contributed by atoms with Gasteiger partial charge in [0.1, 0.15) is 0 Å². The Morgan fingerprint density at radius 3 is 2.27 bits per heavy atom. The average molecular weight is 218 g/mol. The molecule has 0 aliphatic carbocycles. The fourth-order valence-electron chi connectivity index (χ4n) is 1.78. The minimum atomic E-state index is -0.586. The minimum Gasteiger partial charge on any atom is -0.393 e. The molecular weight excluding hydrogens is 196 g/mol. The summed E-state index contributed by atoms with van der Waals surface area (Å²) in [5.41, 5.74) is 0. The Bertz CT molecular complexity index is 173. The van der Waals surface area contributed by atoms with Crippen molar-refractivity contribution < 1.29 is 19.3 Å². The van der Waals surface area contributed by atoms with Crippen LogP contribution < -0.4 is 0 Å². The van der Waals surface area contributed by atoms with Gasteiger partial charge in [0.2, 0.25) is 0 Å². The topological polar surface area (TPSA) is 47.9 Å². The normalized spacial score (nSPS) is 36.2. The molecule has 4 nitrogen and oxygen atoms in total. The van der Waals surface area contributed by atoms with E-state index in [4.69, 9.17) is 14.2 Å². The van der Waals surface area contributed by atoms with Crippen molar-refractivity contribution in [2.24, 2.45) is 0 Å². The summed E-state index contributed by atoms with van der Waals surface area (Å²) in [6, 6.07) is 0. The first-order chi connectivity index (χ1) is 6.97. The second-order valence-corrected chi connectivity index (χ2v) is 4.45. The summed E-state index contributed by atoms with van der Waals surface area (Å²) in [6.07, 6.45) is 1.39. The summed E-state index contributed by atoms with van der Waals surface area (Å²) < 4.78 is 16.5. The molecule has 1 unspecified atom stereocenters. The molecule has 0 aromatic rings. The lowest BCUT2D eigenvalue weighted by Gasteiger charge is -2.33. The molecule has 90 valence electrons. The predicted octanol–water partition coefficient (Wildman–Crippen LogP) is 1.66. The van der Waals surface area contributed by atoms with Crippen LogP contribution in [0.2, 0.25) is 0 Å². The van der Waals surface area contributed by atoms with Gasteiger partial charge in [-0.3, -0.25) is 0 Å². The van der Waals surface area contributed by atoms with Gasteiger partial charge >= 0.3 is 0 Å². The maximum absolute atomic E-state index is 9.19. The third kappa shape index (κ3) is 4.93. The highest BCUT2D eigenvalue weighted by Gasteiger charge is 2.27. The van der Waals surface area contributed by atoms with Gasteiger partial charge in [0, 0.05) is 0 Å². The van der Waals surface area contributed by atoms with E-state index in [9.17, 15) is 5.11 Å². The van der Waals surface area contributed by atoms with E-state index in [1.165, 1.54) is 0 Å². The number of hydrogen-bond acceptors (Lipinski definition) is 4. The molecule has 5 atom stereocenters. The van der Waals surface area contributed by atoms with Crippen LogP contribution in [0.15, 0.2) is 0 Å². The Labute approximate surface area is 91.5 Å². The first kappa shape index (κ1) is 12.9. The number of hydrogen-bond donors (Lipinski definition) is 1.